The minimum atomic E-state index is -0.0924. The van der Waals surface area contributed by atoms with Crippen molar-refractivity contribution in [2.75, 3.05) is 0 Å². The predicted molar refractivity (Wildman–Crippen MR) is 65.3 cm³/mol. The van der Waals surface area contributed by atoms with Crippen LogP contribution >= 0.6 is 0 Å². The molecular formula is C12H20N4O. The molecule has 0 aromatic carbocycles. The van der Waals surface area contributed by atoms with E-state index in [4.69, 9.17) is 5.73 Å². The zero-order chi connectivity index (χ0) is 12.3. The smallest absolute Gasteiger partial charge is 0.221 e. The monoisotopic (exact) mass is 236 g/mol. The van der Waals surface area contributed by atoms with Crippen LogP contribution < -0.4 is 11.1 Å². The molecule has 1 aliphatic rings. The maximum atomic E-state index is 11.4. The second-order valence-corrected chi connectivity index (χ2v) is 4.76. The molecule has 1 aromatic rings. The van der Waals surface area contributed by atoms with E-state index in [1.807, 2.05) is 13.1 Å². The van der Waals surface area contributed by atoms with Crippen LogP contribution in [0.1, 0.15) is 37.7 Å². The van der Waals surface area contributed by atoms with E-state index in [0.717, 1.165) is 24.5 Å². The Bertz CT molecular complexity index is 374. The number of hydrogen-bond acceptors (Lipinski definition) is 3. The quantitative estimate of drug-likeness (QED) is 0.803. The third kappa shape index (κ3) is 3.30. The number of aromatic nitrogens is 2. The van der Waals surface area contributed by atoms with Gasteiger partial charge in [0.05, 0.1) is 12.2 Å². The van der Waals surface area contributed by atoms with Gasteiger partial charge in [0.15, 0.2) is 0 Å². The lowest BCUT2D eigenvalue weighted by molar-refractivity contribution is -0.121. The second kappa shape index (κ2) is 5.31. The first-order valence-electron chi connectivity index (χ1n) is 6.22. The summed E-state index contributed by atoms with van der Waals surface area (Å²) < 4.78 is 2.19. The summed E-state index contributed by atoms with van der Waals surface area (Å²) >= 11 is 0. The summed E-state index contributed by atoms with van der Waals surface area (Å²) in [5, 5.41) is 2.84. The van der Waals surface area contributed by atoms with Crippen LogP contribution in [-0.4, -0.2) is 21.5 Å². The van der Waals surface area contributed by atoms with Crippen LogP contribution in [0, 0.1) is 0 Å². The van der Waals surface area contributed by atoms with Gasteiger partial charge in [-0.25, -0.2) is 4.98 Å². The molecule has 2 heterocycles. The van der Waals surface area contributed by atoms with Gasteiger partial charge in [-0.2, -0.15) is 0 Å². The number of rotatable bonds is 4. The number of nitrogens with one attached hydrogen (secondary N) is 1. The van der Waals surface area contributed by atoms with Crippen molar-refractivity contribution in [1.29, 1.82) is 0 Å². The molecule has 1 atom stereocenters. The fourth-order valence-electron chi connectivity index (χ4n) is 2.11. The Morgan fingerprint density at radius 1 is 1.65 bits per heavy atom. The molecule has 0 bridgehead atoms. The Balaban J connectivity index is 1.87. The predicted octanol–water partition coefficient (Wildman–Crippen LogP) is 0.573. The number of hydrogen-bond donors (Lipinski definition) is 2. The Morgan fingerprint density at radius 2 is 2.47 bits per heavy atom. The van der Waals surface area contributed by atoms with Gasteiger partial charge in [-0.05, 0) is 19.8 Å². The van der Waals surface area contributed by atoms with Crippen molar-refractivity contribution in [1.82, 2.24) is 14.9 Å². The van der Waals surface area contributed by atoms with Crippen LogP contribution in [0.4, 0.5) is 0 Å². The van der Waals surface area contributed by atoms with Crippen LogP contribution in [0.5, 0.6) is 0 Å². The molecule has 3 N–H and O–H groups in total. The summed E-state index contributed by atoms with van der Waals surface area (Å²) in [5.74, 6) is 1.14. The van der Waals surface area contributed by atoms with E-state index in [-0.39, 0.29) is 11.9 Å². The van der Waals surface area contributed by atoms with Crippen LogP contribution in [0.25, 0.3) is 0 Å². The maximum Gasteiger partial charge on any atom is 0.221 e. The van der Waals surface area contributed by atoms with E-state index in [2.05, 4.69) is 14.9 Å². The number of carbonyl (C=O) groups is 1. The first kappa shape index (κ1) is 12.1. The SMILES string of the molecule is CC(N)CC(=O)NCc1cn2c(n1)CCCC2. The average molecular weight is 236 g/mol. The fourth-order valence-corrected chi connectivity index (χ4v) is 2.11. The van der Waals surface area contributed by atoms with Gasteiger partial charge >= 0.3 is 0 Å². The molecule has 1 aliphatic heterocycles. The van der Waals surface area contributed by atoms with Crippen molar-refractivity contribution in [3.8, 4) is 0 Å². The molecule has 5 nitrogen and oxygen atoms in total. The maximum absolute atomic E-state index is 11.4. The lowest BCUT2D eigenvalue weighted by Crippen LogP contribution is -2.29. The topological polar surface area (TPSA) is 72.9 Å². The van der Waals surface area contributed by atoms with E-state index in [9.17, 15) is 4.79 Å². The lowest BCUT2D eigenvalue weighted by Gasteiger charge is -2.11. The zero-order valence-electron chi connectivity index (χ0n) is 10.3. The van der Waals surface area contributed by atoms with E-state index in [0.29, 0.717) is 13.0 Å². The van der Waals surface area contributed by atoms with E-state index >= 15 is 0 Å². The Morgan fingerprint density at radius 3 is 3.18 bits per heavy atom. The minimum absolute atomic E-state index is 0.00836. The number of imidazole rings is 1. The summed E-state index contributed by atoms with van der Waals surface area (Å²) in [6.45, 7) is 3.39. The van der Waals surface area contributed by atoms with Crippen molar-refractivity contribution in [3.05, 3.63) is 17.7 Å². The van der Waals surface area contributed by atoms with Gasteiger partial charge < -0.3 is 15.6 Å². The number of nitrogens with two attached hydrogens (primary N) is 1. The highest BCUT2D eigenvalue weighted by atomic mass is 16.1. The largest absolute Gasteiger partial charge is 0.350 e. The summed E-state index contributed by atoms with van der Waals surface area (Å²) in [6, 6.07) is -0.0924. The van der Waals surface area contributed by atoms with E-state index < -0.39 is 0 Å². The van der Waals surface area contributed by atoms with E-state index in [1.54, 1.807) is 0 Å². The molecule has 0 fully saturated rings. The first-order valence-corrected chi connectivity index (χ1v) is 6.22. The standard InChI is InChI=1S/C12H20N4O/c1-9(13)6-12(17)14-7-10-8-16-5-3-2-4-11(16)15-10/h8-9H,2-7,13H2,1H3,(H,14,17). The molecule has 0 radical (unpaired) electrons. The van der Waals surface area contributed by atoms with Crippen LogP contribution in [0.15, 0.2) is 6.20 Å². The third-order valence-electron chi connectivity index (χ3n) is 2.93. The molecule has 0 spiro atoms. The average Bonchev–Trinajstić information content (AvgIpc) is 2.68. The molecule has 0 saturated carbocycles. The van der Waals surface area contributed by atoms with Crippen LogP contribution in [-0.2, 0) is 24.3 Å². The highest BCUT2D eigenvalue weighted by molar-refractivity contribution is 5.76. The molecule has 94 valence electrons. The summed E-state index contributed by atoms with van der Waals surface area (Å²) in [5.41, 5.74) is 6.51. The van der Waals surface area contributed by atoms with Gasteiger partial charge in [0.1, 0.15) is 5.82 Å². The third-order valence-corrected chi connectivity index (χ3v) is 2.93. The lowest BCUT2D eigenvalue weighted by atomic mass is 10.2. The van der Waals surface area contributed by atoms with Crippen LogP contribution in [0.3, 0.4) is 0 Å². The molecule has 1 aromatic heterocycles. The summed E-state index contributed by atoms with van der Waals surface area (Å²) in [4.78, 5) is 16.0. The Kier molecular flexibility index (Phi) is 3.78. The van der Waals surface area contributed by atoms with Crippen molar-refractivity contribution >= 4 is 5.91 Å². The van der Waals surface area contributed by atoms with Gasteiger partial charge in [0, 0.05) is 31.6 Å². The normalized spacial score (nSPS) is 16.4. The van der Waals surface area contributed by atoms with Gasteiger partial charge in [0.2, 0.25) is 5.91 Å². The second-order valence-electron chi connectivity index (χ2n) is 4.76. The van der Waals surface area contributed by atoms with Crippen molar-refractivity contribution in [2.45, 2.75) is 51.7 Å². The first-order chi connectivity index (χ1) is 8.15. The Labute approximate surface area is 101 Å². The molecule has 2 rings (SSSR count). The number of aryl methyl sites for hydroxylation is 2. The van der Waals surface area contributed by atoms with Crippen molar-refractivity contribution < 1.29 is 4.79 Å². The number of amides is 1. The van der Waals surface area contributed by atoms with Crippen molar-refractivity contribution in [2.24, 2.45) is 5.73 Å². The van der Waals surface area contributed by atoms with Gasteiger partial charge in [-0.1, -0.05) is 0 Å². The van der Waals surface area contributed by atoms with Crippen molar-refractivity contribution in [3.63, 3.8) is 0 Å². The highest BCUT2D eigenvalue weighted by Gasteiger charge is 2.12. The summed E-state index contributed by atoms with van der Waals surface area (Å²) in [7, 11) is 0. The molecule has 1 unspecified atom stereocenters. The number of carbonyl (C=O) groups excluding carboxylic acids is 1. The fraction of sp³-hybridized carbons (Fsp3) is 0.667. The molecule has 0 aliphatic carbocycles. The minimum Gasteiger partial charge on any atom is -0.350 e. The number of nitrogens with zero attached hydrogens (tertiary/aromatic N) is 2. The van der Waals surface area contributed by atoms with Gasteiger partial charge in [-0.3, -0.25) is 4.79 Å². The zero-order valence-corrected chi connectivity index (χ0v) is 10.3. The highest BCUT2D eigenvalue weighted by Crippen LogP contribution is 2.14. The van der Waals surface area contributed by atoms with Gasteiger partial charge in [0.25, 0.3) is 0 Å². The van der Waals surface area contributed by atoms with Gasteiger partial charge in [-0.15, -0.1) is 0 Å². The molecule has 0 saturated heterocycles. The number of fused-ring (bicyclic) bond motifs is 1. The molecule has 17 heavy (non-hydrogen) atoms. The molecule has 5 heteroatoms. The van der Waals surface area contributed by atoms with Crippen LogP contribution in [0.2, 0.25) is 0 Å². The van der Waals surface area contributed by atoms with E-state index in [1.165, 1.54) is 12.8 Å². The molecule has 1 amide bonds. The molecular weight excluding hydrogens is 216 g/mol. The summed E-state index contributed by atoms with van der Waals surface area (Å²) in [6.07, 6.45) is 5.90. The Hall–Kier alpha value is -1.36.